The van der Waals surface area contributed by atoms with Crippen LogP contribution in [0.25, 0.3) is 0 Å². The molecule has 16 heavy (non-hydrogen) atoms. The summed E-state index contributed by atoms with van der Waals surface area (Å²) in [7, 11) is 0. The summed E-state index contributed by atoms with van der Waals surface area (Å²) in [5, 5.41) is 13.4. The maximum Gasteiger partial charge on any atom is 0.227 e. The second kappa shape index (κ2) is 4.61. The third-order valence-electron chi connectivity index (χ3n) is 2.10. The van der Waals surface area contributed by atoms with E-state index in [1.165, 1.54) is 0 Å². The SMILES string of the molecule is Cc1cc(NC(=O)CCn2cccn2)n[nH]1. The number of anilines is 1. The number of rotatable bonds is 4. The van der Waals surface area contributed by atoms with E-state index in [0.717, 1.165) is 5.69 Å². The second-order valence-electron chi connectivity index (χ2n) is 3.50. The molecule has 0 atom stereocenters. The zero-order chi connectivity index (χ0) is 11.4. The number of aromatic amines is 1. The number of aromatic nitrogens is 4. The smallest absolute Gasteiger partial charge is 0.227 e. The van der Waals surface area contributed by atoms with Gasteiger partial charge in [0.2, 0.25) is 5.91 Å². The van der Waals surface area contributed by atoms with Crippen LogP contribution in [0.3, 0.4) is 0 Å². The molecule has 0 radical (unpaired) electrons. The van der Waals surface area contributed by atoms with Crippen LogP contribution >= 0.6 is 0 Å². The van der Waals surface area contributed by atoms with Crippen LogP contribution < -0.4 is 5.32 Å². The van der Waals surface area contributed by atoms with Crippen LogP contribution in [0.4, 0.5) is 5.82 Å². The molecular formula is C10H13N5O. The van der Waals surface area contributed by atoms with Crippen molar-refractivity contribution in [3.8, 4) is 0 Å². The van der Waals surface area contributed by atoms with Gasteiger partial charge in [0.15, 0.2) is 5.82 Å². The Morgan fingerprint density at radius 2 is 2.50 bits per heavy atom. The van der Waals surface area contributed by atoms with Gasteiger partial charge < -0.3 is 5.32 Å². The molecule has 2 heterocycles. The molecule has 0 saturated carbocycles. The molecule has 0 aliphatic rings. The summed E-state index contributed by atoms with van der Waals surface area (Å²) in [5.41, 5.74) is 0.919. The van der Waals surface area contributed by atoms with Crippen LogP contribution in [0.5, 0.6) is 0 Å². The van der Waals surface area contributed by atoms with Gasteiger partial charge in [-0.2, -0.15) is 10.2 Å². The first-order valence-electron chi connectivity index (χ1n) is 5.03. The van der Waals surface area contributed by atoms with Crippen molar-refractivity contribution in [1.82, 2.24) is 20.0 Å². The quantitative estimate of drug-likeness (QED) is 0.803. The minimum absolute atomic E-state index is 0.0676. The van der Waals surface area contributed by atoms with Gasteiger partial charge in [0, 0.05) is 37.1 Å². The van der Waals surface area contributed by atoms with E-state index in [4.69, 9.17) is 0 Å². The van der Waals surface area contributed by atoms with Crippen LogP contribution in [0, 0.1) is 6.92 Å². The molecule has 0 aliphatic heterocycles. The van der Waals surface area contributed by atoms with Crippen LogP contribution in [-0.4, -0.2) is 25.9 Å². The number of nitrogens with zero attached hydrogens (tertiary/aromatic N) is 3. The molecular weight excluding hydrogens is 206 g/mol. The van der Waals surface area contributed by atoms with E-state index in [1.807, 2.05) is 19.2 Å². The molecule has 0 fully saturated rings. The summed E-state index contributed by atoms with van der Waals surface area (Å²) in [6, 6.07) is 3.61. The van der Waals surface area contributed by atoms with Gasteiger partial charge in [-0.25, -0.2) is 0 Å². The van der Waals surface area contributed by atoms with Crippen molar-refractivity contribution in [2.45, 2.75) is 19.9 Å². The van der Waals surface area contributed by atoms with Crippen LogP contribution in [0.2, 0.25) is 0 Å². The molecule has 6 heteroatoms. The summed E-state index contributed by atoms with van der Waals surface area (Å²) in [6.07, 6.45) is 3.90. The summed E-state index contributed by atoms with van der Waals surface area (Å²) < 4.78 is 1.72. The number of hydrogen-bond acceptors (Lipinski definition) is 3. The molecule has 0 bridgehead atoms. The van der Waals surface area contributed by atoms with Gasteiger partial charge in [0.1, 0.15) is 0 Å². The Morgan fingerprint density at radius 3 is 3.12 bits per heavy atom. The average Bonchev–Trinajstić information content (AvgIpc) is 2.87. The number of H-pyrrole nitrogens is 1. The van der Waals surface area contributed by atoms with Crippen molar-refractivity contribution in [3.63, 3.8) is 0 Å². The summed E-state index contributed by atoms with van der Waals surface area (Å²) in [6.45, 7) is 2.45. The van der Waals surface area contributed by atoms with Gasteiger partial charge in [0.05, 0.1) is 0 Å². The molecule has 84 valence electrons. The summed E-state index contributed by atoms with van der Waals surface area (Å²) in [4.78, 5) is 11.5. The van der Waals surface area contributed by atoms with Gasteiger partial charge in [-0.3, -0.25) is 14.6 Å². The number of hydrogen-bond donors (Lipinski definition) is 2. The van der Waals surface area contributed by atoms with Gasteiger partial charge in [-0.1, -0.05) is 0 Å². The average molecular weight is 219 g/mol. The molecule has 0 aromatic carbocycles. The van der Waals surface area contributed by atoms with Crippen LogP contribution in [0.15, 0.2) is 24.5 Å². The van der Waals surface area contributed by atoms with Crippen molar-refractivity contribution in [1.29, 1.82) is 0 Å². The molecule has 2 aromatic rings. The number of carbonyl (C=O) groups excluding carboxylic acids is 1. The van der Waals surface area contributed by atoms with E-state index in [0.29, 0.717) is 18.8 Å². The van der Waals surface area contributed by atoms with E-state index in [1.54, 1.807) is 16.9 Å². The standard InChI is InChI=1S/C10H13N5O/c1-8-7-9(14-13-8)12-10(16)3-6-15-5-2-4-11-15/h2,4-5,7H,3,6H2,1H3,(H2,12,13,14,16). The zero-order valence-electron chi connectivity index (χ0n) is 8.97. The fourth-order valence-electron chi connectivity index (χ4n) is 1.34. The molecule has 1 amide bonds. The molecule has 0 spiro atoms. The molecule has 0 aliphatic carbocycles. The fourth-order valence-corrected chi connectivity index (χ4v) is 1.34. The molecule has 0 unspecified atom stereocenters. The van der Waals surface area contributed by atoms with Crippen molar-refractivity contribution < 1.29 is 4.79 Å². The van der Waals surface area contributed by atoms with Gasteiger partial charge in [-0.05, 0) is 13.0 Å². The first-order valence-corrected chi connectivity index (χ1v) is 5.03. The Labute approximate surface area is 92.7 Å². The predicted octanol–water partition coefficient (Wildman–Crippen LogP) is 0.943. The van der Waals surface area contributed by atoms with E-state index < -0.39 is 0 Å². The molecule has 2 rings (SSSR count). The number of aryl methyl sites for hydroxylation is 2. The van der Waals surface area contributed by atoms with Gasteiger partial charge in [-0.15, -0.1) is 0 Å². The van der Waals surface area contributed by atoms with Crippen molar-refractivity contribution in [2.75, 3.05) is 5.32 Å². The Balaban J connectivity index is 1.81. The van der Waals surface area contributed by atoms with E-state index in [9.17, 15) is 4.79 Å². The third kappa shape index (κ3) is 2.69. The lowest BCUT2D eigenvalue weighted by Gasteiger charge is -2.01. The minimum Gasteiger partial charge on any atom is -0.309 e. The summed E-state index contributed by atoms with van der Waals surface area (Å²) in [5.74, 6) is 0.491. The Bertz CT molecular complexity index is 459. The molecule has 2 aromatic heterocycles. The first kappa shape index (κ1) is 10.4. The van der Waals surface area contributed by atoms with Crippen LogP contribution in [0.1, 0.15) is 12.1 Å². The normalized spacial score (nSPS) is 10.3. The number of carbonyl (C=O) groups is 1. The highest BCUT2D eigenvalue weighted by atomic mass is 16.1. The van der Waals surface area contributed by atoms with E-state index in [-0.39, 0.29) is 5.91 Å². The lowest BCUT2D eigenvalue weighted by molar-refractivity contribution is -0.116. The predicted molar refractivity (Wildman–Crippen MR) is 58.8 cm³/mol. The Hall–Kier alpha value is -2.11. The maximum atomic E-state index is 11.5. The highest BCUT2D eigenvalue weighted by Gasteiger charge is 2.04. The fraction of sp³-hybridized carbons (Fsp3) is 0.300. The summed E-state index contributed by atoms with van der Waals surface area (Å²) >= 11 is 0. The first-order chi connectivity index (χ1) is 7.74. The van der Waals surface area contributed by atoms with Crippen molar-refractivity contribution in [2.24, 2.45) is 0 Å². The lowest BCUT2D eigenvalue weighted by Crippen LogP contribution is -2.14. The minimum atomic E-state index is -0.0676. The molecule has 2 N–H and O–H groups in total. The zero-order valence-corrected chi connectivity index (χ0v) is 8.97. The van der Waals surface area contributed by atoms with Gasteiger partial charge in [0.25, 0.3) is 0 Å². The highest BCUT2D eigenvalue weighted by molar-refractivity contribution is 5.89. The number of nitrogens with one attached hydrogen (secondary N) is 2. The van der Waals surface area contributed by atoms with E-state index in [2.05, 4.69) is 20.6 Å². The lowest BCUT2D eigenvalue weighted by atomic mass is 10.4. The highest BCUT2D eigenvalue weighted by Crippen LogP contribution is 2.04. The number of amides is 1. The Morgan fingerprint density at radius 1 is 1.62 bits per heavy atom. The Kier molecular flexibility index (Phi) is 3.00. The van der Waals surface area contributed by atoms with Crippen molar-refractivity contribution >= 4 is 11.7 Å². The topological polar surface area (TPSA) is 75.6 Å². The van der Waals surface area contributed by atoms with E-state index >= 15 is 0 Å². The largest absolute Gasteiger partial charge is 0.309 e. The maximum absolute atomic E-state index is 11.5. The molecule has 0 saturated heterocycles. The second-order valence-corrected chi connectivity index (χ2v) is 3.50. The van der Waals surface area contributed by atoms with Gasteiger partial charge >= 0.3 is 0 Å². The molecule has 6 nitrogen and oxygen atoms in total. The van der Waals surface area contributed by atoms with Crippen molar-refractivity contribution in [3.05, 3.63) is 30.2 Å². The monoisotopic (exact) mass is 219 g/mol. The third-order valence-corrected chi connectivity index (χ3v) is 2.10. The van der Waals surface area contributed by atoms with Crippen LogP contribution in [-0.2, 0) is 11.3 Å².